The predicted octanol–water partition coefficient (Wildman–Crippen LogP) is 5.46. The summed E-state index contributed by atoms with van der Waals surface area (Å²) in [5.41, 5.74) is 4.01. The van der Waals surface area contributed by atoms with Crippen molar-refractivity contribution in [3.63, 3.8) is 0 Å². The highest BCUT2D eigenvalue weighted by Crippen LogP contribution is 2.27. The molecular formula is C27H26N4O. The van der Waals surface area contributed by atoms with E-state index in [1.807, 2.05) is 54.6 Å². The van der Waals surface area contributed by atoms with E-state index in [0.717, 1.165) is 52.9 Å². The normalized spacial score (nSPS) is 16.2. The molecule has 1 unspecified atom stereocenters. The smallest absolute Gasteiger partial charge is 0.229 e. The molecule has 0 saturated carbocycles. The van der Waals surface area contributed by atoms with Crippen molar-refractivity contribution in [1.82, 2.24) is 10.2 Å². The summed E-state index contributed by atoms with van der Waals surface area (Å²) < 4.78 is 0. The van der Waals surface area contributed by atoms with Crippen molar-refractivity contribution in [1.29, 1.82) is 0 Å². The first kappa shape index (κ1) is 20.2. The molecule has 1 aromatic heterocycles. The number of nitrogens with one attached hydrogen (secondary N) is 1. The lowest BCUT2D eigenvalue weighted by Crippen LogP contribution is -2.41. The number of carbonyl (C=O) groups is 1. The second-order valence-electron chi connectivity index (χ2n) is 8.39. The van der Waals surface area contributed by atoms with Crippen molar-refractivity contribution in [2.24, 2.45) is 5.92 Å². The van der Waals surface area contributed by atoms with Gasteiger partial charge in [0.1, 0.15) is 0 Å². The zero-order valence-electron chi connectivity index (χ0n) is 18.2. The number of rotatable bonds is 4. The summed E-state index contributed by atoms with van der Waals surface area (Å²) >= 11 is 0. The Labute approximate surface area is 188 Å². The molecule has 1 atom stereocenters. The van der Waals surface area contributed by atoms with Gasteiger partial charge in [-0.05, 0) is 48.9 Å². The van der Waals surface area contributed by atoms with E-state index in [1.165, 1.54) is 5.56 Å². The number of amides is 1. The fraction of sp³-hybridized carbons (Fsp3) is 0.222. The molecule has 5 rings (SSSR count). The Balaban J connectivity index is 1.30. The van der Waals surface area contributed by atoms with Crippen LogP contribution in [0.4, 0.5) is 11.5 Å². The van der Waals surface area contributed by atoms with Crippen LogP contribution in [0.25, 0.3) is 22.0 Å². The maximum absolute atomic E-state index is 13.1. The number of carbonyl (C=O) groups excluding carboxylic acids is 1. The van der Waals surface area contributed by atoms with E-state index in [9.17, 15) is 4.79 Å². The first-order valence-electron chi connectivity index (χ1n) is 11.1. The molecule has 3 aromatic carbocycles. The SMILES string of the molecule is Cc1ccccc1-c1ccc(N2CCCC(C(=O)Nc3cccc4ccccc34)C2)nn1. The van der Waals surface area contributed by atoms with Gasteiger partial charge in [-0.2, -0.15) is 0 Å². The van der Waals surface area contributed by atoms with Crippen LogP contribution in [-0.2, 0) is 4.79 Å². The number of nitrogens with zero attached hydrogens (tertiary/aromatic N) is 3. The monoisotopic (exact) mass is 422 g/mol. The molecule has 1 aliphatic rings. The molecule has 0 bridgehead atoms. The van der Waals surface area contributed by atoms with E-state index in [-0.39, 0.29) is 11.8 Å². The van der Waals surface area contributed by atoms with E-state index in [1.54, 1.807) is 0 Å². The molecule has 4 aromatic rings. The van der Waals surface area contributed by atoms with Crippen molar-refractivity contribution in [2.45, 2.75) is 19.8 Å². The third-order valence-electron chi connectivity index (χ3n) is 6.24. The molecule has 1 saturated heterocycles. The molecule has 0 aliphatic carbocycles. The summed E-state index contributed by atoms with van der Waals surface area (Å²) in [6, 6.07) is 26.3. The summed E-state index contributed by atoms with van der Waals surface area (Å²) in [4.78, 5) is 15.3. The molecule has 2 heterocycles. The highest BCUT2D eigenvalue weighted by Gasteiger charge is 2.27. The molecule has 0 spiro atoms. The van der Waals surface area contributed by atoms with E-state index < -0.39 is 0 Å². The molecule has 5 heteroatoms. The van der Waals surface area contributed by atoms with Gasteiger partial charge in [0.25, 0.3) is 0 Å². The topological polar surface area (TPSA) is 58.1 Å². The van der Waals surface area contributed by atoms with Crippen LogP contribution in [0.3, 0.4) is 0 Å². The van der Waals surface area contributed by atoms with Gasteiger partial charge in [0.15, 0.2) is 5.82 Å². The number of fused-ring (bicyclic) bond motifs is 1. The molecule has 160 valence electrons. The minimum atomic E-state index is -0.0828. The fourth-order valence-electron chi connectivity index (χ4n) is 4.47. The minimum absolute atomic E-state index is 0.0653. The summed E-state index contributed by atoms with van der Waals surface area (Å²) in [6.07, 6.45) is 1.83. The Kier molecular flexibility index (Phi) is 5.55. The van der Waals surface area contributed by atoms with E-state index >= 15 is 0 Å². The maximum Gasteiger partial charge on any atom is 0.229 e. The number of aryl methyl sites for hydroxylation is 1. The first-order chi connectivity index (χ1) is 15.7. The van der Waals surface area contributed by atoms with Gasteiger partial charge in [-0.1, -0.05) is 60.7 Å². The molecule has 1 fully saturated rings. The second kappa shape index (κ2) is 8.79. The summed E-state index contributed by atoms with van der Waals surface area (Å²) in [7, 11) is 0. The summed E-state index contributed by atoms with van der Waals surface area (Å²) in [5, 5.41) is 14.3. The lowest BCUT2D eigenvalue weighted by molar-refractivity contribution is -0.120. The summed E-state index contributed by atoms with van der Waals surface area (Å²) in [6.45, 7) is 3.61. The third kappa shape index (κ3) is 4.06. The van der Waals surface area contributed by atoms with Gasteiger partial charge < -0.3 is 10.2 Å². The Bertz CT molecular complexity index is 1250. The highest BCUT2D eigenvalue weighted by atomic mass is 16.1. The maximum atomic E-state index is 13.1. The zero-order valence-corrected chi connectivity index (χ0v) is 18.2. The van der Waals surface area contributed by atoms with Crippen molar-refractivity contribution in [2.75, 3.05) is 23.3 Å². The van der Waals surface area contributed by atoms with Crippen molar-refractivity contribution >= 4 is 28.2 Å². The van der Waals surface area contributed by atoms with E-state index in [0.29, 0.717) is 6.54 Å². The average Bonchev–Trinajstić information content (AvgIpc) is 2.85. The van der Waals surface area contributed by atoms with Crippen LogP contribution in [0, 0.1) is 12.8 Å². The number of aromatic nitrogens is 2. The second-order valence-corrected chi connectivity index (χ2v) is 8.39. The van der Waals surface area contributed by atoms with Crippen LogP contribution in [0.2, 0.25) is 0 Å². The Morgan fingerprint density at radius 1 is 0.938 bits per heavy atom. The Morgan fingerprint density at radius 2 is 1.75 bits per heavy atom. The van der Waals surface area contributed by atoms with Crippen molar-refractivity contribution in [3.8, 4) is 11.3 Å². The minimum Gasteiger partial charge on any atom is -0.354 e. The fourth-order valence-corrected chi connectivity index (χ4v) is 4.47. The molecular weight excluding hydrogens is 396 g/mol. The van der Waals surface area contributed by atoms with Gasteiger partial charge in [-0.25, -0.2) is 0 Å². The lowest BCUT2D eigenvalue weighted by atomic mass is 9.96. The van der Waals surface area contributed by atoms with Gasteiger partial charge in [0.2, 0.25) is 5.91 Å². The van der Waals surface area contributed by atoms with Gasteiger partial charge in [-0.15, -0.1) is 10.2 Å². The number of hydrogen-bond acceptors (Lipinski definition) is 4. The van der Waals surface area contributed by atoms with Crippen LogP contribution in [0.5, 0.6) is 0 Å². The molecule has 0 radical (unpaired) electrons. The zero-order chi connectivity index (χ0) is 21.9. The highest BCUT2D eigenvalue weighted by molar-refractivity contribution is 6.03. The molecule has 5 nitrogen and oxygen atoms in total. The molecule has 1 amide bonds. The van der Waals surface area contributed by atoms with Crippen molar-refractivity contribution in [3.05, 3.63) is 84.4 Å². The predicted molar refractivity (Wildman–Crippen MR) is 130 cm³/mol. The third-order valence-corrected chi connectivity index (χ3v) is 6.24. The van der Waals surface area contributed by atoms with Crippen LogP contribution >= 0.6 is 0 Å². The van der Waals surface area contributed by atoms with Crippen LogP contribution in [0.1, 0.15) is 18.4 Å². The van der Waals surface area contributed by atoms with Gasteiger partial charge in [0.05, 0.1) is 11.6 Å². The molecule has 32 heavy (non-hydrogen) atoms. The van der Waals surface area contributed by atoms with Crippen LogP contribution < -0.4 is 10.2 Å². The van der Waals surface area contributed by atoms with E-state index in [2.05, 4.69) is 51.6 Å². The van der Waals surface area contributed by atoms with Crippen LogP contribution in [0.15, 0.2) is 78.9 Å². The van der Waals surface area contributed by atoms with Crippen molar-refractivity contribution < 1.29 is 4.79 Å². The quantitative estimate of drug-likeness (QED) is 0.474. The molecule has 1 aliphatic heterocycles. The first-order valence-corrected chi connectivity index (χ1v) is 11.1. The van der Waals surface area contributed by atoms with Gasteiger partial charge in [-0.3, -0.25) is 4.79 Å². The van der Waals surface area contributed by atoms with Gasteiger partial charge >= 0.3 is 0 Å². The largest absolute Gasteiger partial charge is 0.354 e. The standard InChI is InChI=1S/C27H26N4O/c1-19-8-2-4-12-22(19)25-15-16-26(30-29-25)31-17-7-11-21(18-31)27(32)28-24-14-6-10-20-9-3-5-13-23(20)24/h2-6,8-10,12-16,21H,7,11,17-18H2,1H3,(H,28,32). The Hall–Kier alpha value is -3.73. The Morgan fingerprint density at radius 3 is 2.59 bits per heavy atom. The number of benzene rings is 3. The number of hydrogen-bond donors (Lipinski definition) is 1. The lowest BCUT2D eigenvalue weighted by Gasteiger charge is -2.32. The van der Waals surface area contributed by atoms with E-state index in [4.69, 9.17) is 0 Å². The average molecular weight is 423 g/mol. The number of anilines is 2. The summed E-state index contributed by atoms with van der Waals surface area (Å²) in [5.74, 6) is 0.807. The molecule has 1 N–H and O–H groups in total. The van der Waals surface area contributed by atoms with Gasteiger partial charge in [0, 0.05) is 29.7 Å². The number of piperidine rings is 1. The van der Waals surface area contributed by atoms with Crippen LogP contribution in [-0.4, -0.2) is 29.2 Å².